The Balaban J connectivity index is 2.33. The van der Waals surface area contributed by atoms with Crippen LogP contribution in [0.15, 0.2) is 12.2 Å². The second kappa shape index (κ2) is 9.56. The van der Waals surface area contributed by atoms with Gasteiger partial charge in [-0.25, -0.2) is 0 Å². The number of allylic oxidation sites excluding steroid dienone is 2. The zero-order valence-electron chi connectivity index (χ0n) is 12.6. The molecule has 1 aliphatic rings. The highest BCUT2D eigenvalue weighted by Crippen LogP contribution is 2.27. The molecule has 0 aromatic heterocycles. The lowest BCUT2D eigenvalue weighted by molar-refractivity contribution is -0.159. The van der Waals surface area contributed by atoms with Crippen LogP contribution in [0.2, 0.25) is 0 Å². The average Bonchev–Trinajstić information content (AvgIpc) is 2.49. The monoisotopic (exact) mass is 282 g/mol. The van der Waals surface area contributed by atoms with E-state index >= 15 is 0 Å². The third-order valence-electron chi connectivity index (χ3n) is 3.73. The molecule has 0 fully saturated rings. The SMILES string of the molecule is CCCCCCCOC(=O)C1CC=CCC1C(=O)OC. The molecule has 0 radical (unpaired) electrons. The molecule has 0 amide bonds. The van der Waals surface area contributed by atoms with Crippen LogP contribution in [0.1, 0.15) is 51.9 Å². The van der Waals surface area contributed by atoms with Crippen molar-refractivity contribution in [3.8, 4) is 0 Å². The van der Waals surface area contributed by atoms with Crippen molar-refractivity contribution < 1.29 is 19.1 Å². The number of hydrogen-bond acceptors (Lipinski definition) is 4. The quantitative estimate of drug-likeness (QED) is 0.389. The van der Waals surface area contributed by atoms with E-state index in [1.807, 2.05) is 12.2 Å². The van der Waals surface area contributed by atoms with Gasteiger partial charge in [0, 0.05) is 0 Å². The van der Waals surface area contributed by atoms with Gasteiger partial charge in [0.1, 0.15) is 0 Å². The molecule has 0 saturated heterocycles. The predicted molar refractivity (Wildman–Crippen MR) is 77.1 cm³/mol. The molecule has 1 aliphatic carbocycles. The minimum atomic E-state index is -0.391. The number of ether oxygens (including phenoxy) is 2. The van der Waals surface area contributed by atoms with Crippen molar-refractivity contribution >= 4 is 11.9 Å². The highest BCUT2D eigenvalue weighted by molar-refractivity contribution is 5.82. The van der Waals surface area contributed by atoms with Gasteiger partial charge in [-0.15, -0.1) is 0 Å². The summed E-state index contributed by atoms with van der Waals surface area (Å²) in [5, 5.41) is 0. The second-order valence-electron chi connectivity index (χ2n) is 5.26. The molecule has 0 aliphatic heterocycles. The zero-order chi connectivity index (χ0) is 14.8. The topological polar surface area (TPSA) is 52.6 Å². The third-order valence-corrected chi connectivity index (χ3v) is 3.73. The molecule has 4 heteroatoms. The van der Waals surface area contributed by atoms with E-state index in [1.54, 1.807) is 0 Å². The molecule has 2 atom stereocenters. The maximum absolute atomic E-state index is 12.1. The van der Waals surface area contributed by atoms with Crippen molar-refractivity contribution in [2.75, 3.05) is 13.7 Å². The lowest BCUT2D eigenvalue weighted by Crippen LogP contribution is -2.33. The van der Waals surface area contributed by atoms with Crippen LogP contribution in [0.5, 0.6) is 0 Å². The van der Waals surface area contributed by atoms with Crippen LogP contribution in [0.3, 0.4) is 0 Å². The predicted octanol–water partition coefficient (Wildman–Crippen LogP) is 3.26. The largest absolute Gasteiger partial charge is 0.469 e. The first kappa shape index (κ1) is 16.7. The number of rotatable bonds is 8. The van der Waals surface area contributed by atoms with Gasteiger partial charge in [0.25, 0.3) is 0 Å². The van der Waals surface area contributed by atoms with Crippen molar-refractivity contribution in [1.29, 1.82) is 0 Å². The van der Waals surface area contributed by atoms with E-state index in [1.165, 1.54) is 26.4 Å². The summed E-state index contributed by atoms with van der Waals surface area (Å²) < 4.78 is 10.1. The number of carbonyl (C=O) groups excluding carboxylic acids is 2. The summed E-state index contributed by atoms with van der Waals surface area (Å²) in [5.74, 6) is -1.36. The number of carbonyl (C=O) groups is 2. The third kappa shape index (κ3) is 5.35. The van der Waals surface area contributed by atoms with Gasteiger partial charge in [0.05, 0.1) is 25.6 Å². The molecule has 0 saturated carbocycles. The molecule has 0 spiro atoms. The lowest BCUT2D eigenvalue weighted by Gasteiger charge is -2.24. The lowest BCUT2D eigenvalue weighted by atomic mass is 9.83. The molecule has 1 rings (SSSR count). The van der Waals surface area contributed by atoms with Crippen LogP contribution in [0, 0.1) is 11.8 Å². The van der Waals surface area contributed by atoms with Crippen LogP contribution < -0.4 is 0 Å². The summed E-state index contributed by atoms with van der Waals surface area (Å²) in [4.78, 5) is 23.7. The van der Waals surface area contributed by atoms with Gasteiger partial charge in [-0.05, 0) is 19.3 Å². The highest BCUT2D eigenvalue weighted by atomic mass is 16.5. The summed E-state index contributed by atoms with van der Waals surface area (Å²) in [6, 6.07) is 0. The summed E-state index contributed by atoms with van der Waals surface area (Å²) in [6.45, 7) is 2.63. The fourth-order valence-corrected chi connectivity index (χ4v) is 2.47. The Kier molecular flexibility index (Phi) is 8.00. The maximum atomic E-state index is 12.1. The second-order valence-corrected chi connectivity index (χ2v) is 5.26. The number of unbranched alkanes of at least 4 members (excludes halogenated alkanes) is 4. The zero-order valence-corrected chi connectivity index (χ0v) is 12.6. The Labute approximate surface area is 121 Å². The highest BCUT2D eigenvalue weighted by Gasteiger charge is 2.35. The molecular weight excluding hydrogens is 256 g/mol. The summed E-state index contributed by atoms with van der Waals surface area (Å²) in [6.07, 6.45) is 10.6. The molecule has 0 aromatic rings. The van der Waals surface area contributed by atoms with Gasteiger partial charge in [0.2, 0.25) is 0 Å². The first-order valence-corrected chi connectivity index (χ1v) is 7.60. The van der Waals surface area contributed by atoms with E-state index in [-0.39, 0.29) is 17.9 Å². The molecule has 0 aromatic carbocycles. The molecule has 20 heavy (non-hydrogen) atoms. The van der Waals surface area contributed by atoms with Gasteiger partial charge in [0.15, 0.2) is 0 Å². The minimum absolute atomic E-state index is 0.264. The van der Waals surface area contributed by atoms with Crippen LogP contribution in [-0.2, 0) is 19.1 Å². The van der Waals surface area contributed by atoms with Crippen molar-refractivity contribution in [2.45, 2.75) is 51.9 Å². The van der Waals surface area contributed by atoms with E-state index in [0.717, 1.165) is 12.8 Å². The number of hydrogen-bond donors (Lipinski definition) is 0. The van der Waals surface area contributed by atoms with Crippen molar-refractivity contribution in [3.05, 3.63) is 12.2 Å². The first-order chi connectivity index (χ1) is 9.70. The van der Waals surface area contributed by atoms with Gasteiger partial charge in [-0.3, -0.25) is 9.59 Å². The summed E-state index contributed by atoms with van der Waals surface area (Å²) >= 11 is 0. The van der Waals surface area contributed by atoms with Crippen molar-refractivity contribution in [2.24, 2.45) is 11.8 Å². The normalized spacial score (nSPS) is 21.5. The van der Waals surface area contributed by atoms with E-state index in [9.17, 15) is 9.59 Å². The van der Waals surface area contributed by atoms with Crippen LogP contribution in [0.4, 0.5) is 0 Å². The number of esters is 2. The standard InChI is InChI=1S/C16H26O4/c1-3-4-5-6-9-12-20-16(18)14-11-8-7-10-13(14)15(17)19-2/h7-8,13-14H,3-6,9-12H2,1-2H3. The molecule has 114 valence electrons. The van der Waals surface area contributed by atoms with Gasteiger partial charge in [-0.1, -0.05) is 44.8 Å². The Morgan fingerprint density at radius 2 is 1.60 bits per heavy atom. The van der Waals surface area contributed by atoms with E-state index in [0.29, 0.717) is 19.4 Å². The Hall–Kier alpha value is -1.32. The first-order valence-electron chi connectivity index (χ1n) is 7.60. The summed E-state index contributed by atoms with van der Waals surface area (Å²) in [5.41, 5.74) is 0. The van der Waals surface area contributed by atoms with Crippen molar-refractivity contribution in [3.63, 3.8) is 0 Å². The van der Waals surface area contributed by atoms with Gasteiger partial charge in [-0.2, -0.15) is 0 Å². The Bertz CT molecular complexity index is 335. The van der Waals surface area contributed by atoms with Crippen LogP contribution >= 0.6 is 0 Å². The van der Waals surface area contributed by atoms with E-state index < -0.39 is 5.92 Å². The van der Waals surface area contributed by atoms with Crippen molar-refractivity contribution in [1.82, 2.24) is 0 Å². The van der Waals surface area contributed by atoms with E-state index in [2.05, 4.69) is 6.92 Å². The van der Waals surface area contributed by atoms with Gasteiger partial charge >= 0.3 is 11.9 Å². The minimum Gasteiger partial charge on any atom is -0.469 e. The fraction of sp³-hybridized carbons (Fsp3) is 0.750. The smallest absolute Gasteiger partial charge is 0.310 e. The number of methoxy groups -OCH3 is 1. The average molecular weight is 282 g/mol. The molecule has 2 unspecified atom stereocenters. The van der Waals surface area contributed by atoms with Crippen LogP contribution in [-0.4, -0.2) is 25.7 Å². The molecule has 0 heterocycles. The molecular formula is C16H26O4. The Morgan fingerprint density at radius 3 is 2.20 bits per heavy atom. The fourth-order valence-electron chi connectivity index (χ4n) is 2.47. The maximum Gasteiger partial charge on any atom is 0.310 e. The summed E-state index contributed by atoms with van der Waals surface area (Å²) in [7, 11) is 1.36. The molecule has 0 bridgehead atoms. The van der Waals surface area contributed by atoms with Gasteiger partial charge < -0.3 is 9.47 Å². The molecule has 0 N–H and O–H groups in total. The molecule has 4 nitrogen and oxygen atoms in total. The van der Waals surface area contributed by atoms with Crippen LogP contribution in [0.25, 0.3) is 0 Å². The Morgan fingerprint density at radius 1 is 1.00 bits per heavy atom. The van der Waals surface area contributed by atoms with E-state index in [4.69, 9.17) is 9.47 Å².